The van der Waals surface area contributed by atoms with Gasteiger partial charge < -0.3 is 14.8 Å². The largest absolute Gasteiger partial charge is 0.463 e. The Morgan fingerprint density at radius 1 is 0.857 bits per heavy atom. The summed E-state index contributed by atoms with van der Waals surface area (Å²) in [7, 11) is -0.280. The fourth-order valence-electron chi connectivity index (χ4n) is 3.48. The van der Waals surface area contributed by atoms with E-state index in [1.165, 1.54) is 9.79 Å². The van der Waals surface area contributed by atoms with Crippen molar-refractivity contribution in [3.8, 4) is 5.75 Å². The van der Waals surface area contributed by atoms with Crippen LogP contribution in [0.5, 0.6) is 5.75 Å². The quantitative estimate of drug-likeness (QED) is 0.211. The maximum Gasteiger partial charge on any atom is 0.412 e. The Kier molecular flexibility index (Phi) is 8.99. The van der Waals surface area contributed by atoms with E-state index < -0.39 is 11.5 Å². The predicted molar refractivity (Wildman–Crippen MR) is 140 cm³/mol. The summed E-state index contributed by atoms with van der Waals surface area (Å²) in [6, 6.07) is 25.0. The van der Waals surface area contributed by atoms with Crippen LogP contribution in [0.2, 0.25) is 0 Å². The number of aryl methyl sites for hydroxylation is 2. The summed E-state index contributed by atoms with van der Waals surface area (Å²) < 4.78 is 10.9. The standard InChI is InChI=1S/C29H33NO4S/c1-6-29(4,5)27(31)33-18-17-30-28(32)34-26-21(2)19-25(20-22(26)3)35(23-13-9-7-10-14-23)24-15-11-8-12-16-24/h7-16,19-20H,6,17-18H2,1-5H3/p+1. The molecule has 0 saturated carbocycles. The molecule has 0 heterocycles. The minimum Gasteiger partial charge on any atom is -0.463 e. The van der Waals surface area contributed by atoms with Crippen LogP contribution in [0.4, 0.5) is 4.79 Å². The Bertz CT molecular complexity index is 1080. The molecule has 35 heavy (non-hydrogen) atoms. The van der Waals surface area contributed by atoms with Gasteiger partial charge in [-0.3, -0.25) is 4.79 Å². The third kappa shape index (κ3) is 6.89. The molecule has 3 rings (SSSR count). The van der Waals surface area contributed by atoms with Crippen molar-refractivity contribution in [2.45, 2.75) is 55.7 Å². The molecule has 1 N–H and O–H groups in total. The summed E-state index contributed by atoms with van der Waals surface area (Å²) in [6.45, 7) is 9.81. The average molecular weight is 493 g/mol. The topological polar surface area (TPSA) is 64.6 Å². The Hall–Kier alpha value is -3.25. The zero-order chi connectivity index (χ0) is 25.4. The molecule has 0 unspecified atom stereocenters. The Morgan fingerprint density at radius 2 is 1.37 bits per heavy atom. The lowest BCUT2D eigenvalue weighted by Gasteiger charge is -2.20. The van der Waals surface area contributed by atoms with E-state index in [1.54, 1.807) is 0 Å². The van der Waals surface area contributed by atoms with Gasteiger partial charge in [0.25, 0.3) is 0 Å². The number of ether oxygens (including phenoxy) is 2. The van der Waals surface area contributed by atoms with Gasteiger partial charge in [0.05, 0.1) is 22.9 Å². The highest BCUT2D eigenvalue weighted by atomic mass is 32.2. The minimum absolute atomic E-state index is 0.102. The van der Waals surface area contributed by atoms with Crippen molar-refractivity contribution in [1.29, 1.82) is 0 Å². The van der Waals surface area contributed by atoms with Crippen molar-refractivity contribution >= 4 is 23.0 Å². The summed E-state index contributed by atoms with van der Waals surface area (Å²) in [5.74, 6) is 0.268. The Balaban J connectivity index is 1.71. The molecule has 6 heteroatoms. The van der Waals surface area contributed by atoms with Crippen LogP contribution in [0.25, 0.3) is 0 Å². The minimum atomic E-state index is -0.570. The van der Waals surface area contributed by atoms with Gasteiger partial charge in [0.15, 0.2) is 14.7 Å². The van der Waals surface area contributed by atoms with Gasteiger partial charge in [0, 0.05) is 12.1 Å². The van der Waals surface area contributed by atoms with E-state index in [1.807, 2.05) is 46.8 Å². The molecule has 0 spiro atoms. The molecule has 0 atom stereocenters. The first-order valence-corrected chi connectivity index (χ1v) is 13.0. The Morgan fingerprint density at radius 3 is 1.86 bits per heavy atom. The smallest absolute Gasteiger partial charge is 0.412 e. The van der Waals surface area contributed by atoms with E-state index in [0.29, 0.717) is 12.2 Å². The number of hydrogen-bond donors (Lipinski definition) is 1. The third-order valence-corrected chi connectivity index (χ3v) is 8.06. The van der Waals surface area contributed by atoms with Gasteiger partial charge >= 0.3 is 12.1 Å². The third-order valence-electron chi connectivity index (χ3n) is 5.86. The number of benzene rings is 3. The van der Waals surface area contributed by atoms with Crippen molar-refractivity contribution in [2.75, 3.05) is 13.2 Å². The molecule has 184 valence electrons. The zero-order valence-electron chi connectivity index (χ0n) is 21.1. The maximum absolute atomic E-state index is 12.4. The van der Waals surface area contributed by atoms with Crippen molar-refractivity contribution in [1.82, 2.24) is 5.32 Å². The van der Waals surface area contributed by atoms with Crippen molar-refractivity contribution in [2.24, 2.45) is 5.41 Å². The molecule has 3 aromatic rings. The van der Waals surface area contributed by atoms with Crippen LogP contribution in [-0.2, 0) is 20.4 Å². The summed E-state index contributed by atoms with van der Waals surface area (Å²) in [4.78, 5) is 28.1. The van der Waals surface area contributed by atoms with Gasteiger partial charge in [-0.15, -0.1) is 0 Å². The number of carbonyl (C=O) groups is 2. The van der Waals surface area contributed by atoms with Crippen molar-refractivity contribution in [3.63, 3.8) is 0 Å². The molecular weight excluding hydrogens is 458 g/mol. The lowest BCUT2D eigenvalue weighted by Crippen LogP contribution is -2.33. The van der Waals surface area contributed by atoms with Gasteiger partial charge in [-0.2, -0.15) is 0 Å². The number of esters is 1. The number of nitrogens with one attached hydrogen (secondary N) is 1. The van der Waals surface area contributed by atoms with Crippen LogP contribution in [-0.4, -0.2) is 25.2 Å². The molecule has 5 nitrogen and oxygen atoms in total. The number of hydrogen-bond acceptors (Lipinski definition) is 4. The van der Waals surface area contributed by atoms with Crippen LogP contribution in [0.1, 0.15) is 38.3 Å². The lowest BCUT2D eigenvalue weighted by molar-refractivity contribution is -0.153. The molecule has 0 saturated heterocycles. The lowest BCUT2D eigenvalue weighted by atomic mass is 9.91. The fourth-order valence-corrected chi connectivity index (χ4v) is 5.74. The molecule has 0 radical (unpaired) electrons. The van der Waals surface area contributed by atoms with E-state index >= 15 is 0 Å². The van der Waals surface area contributed by atoms with Crippen LogP contribution in [0.15, 0.2) is 87.5 Å². The second-order valence-corrected chi connectivity index (χ2v) is 11.0. The van der Waals surface area contributed by atoms with Crippen molar-refractivity contribution < 1.29 is 19.1 Å². The van der Waals surface area contributed by atoms with Gasteiger partial charge in [-0.25, -0.2) is 4.79 Å². The monoisotopic (exact) mass is 492 g/mol. The molecule has 0 aliphatic heterocycles. The highest BCUT2D eigenvalue weighted by Crippen LogP contribution is 2.35. The van der Waals surface area contributed by atoms with Crippen LogP contribution < -0.4 is 10.1 Å². The molecule has 0 fully saturated rings. The van der Waals surface area contributed by atoms with Crippen LogP contribution >= 0.6 is 0 Å². The van der Waals surface area contributed by atoms with E-state index in [-0.39, 0.29) is 30.0 Å². The van der Waals surface area contributed by atoms with Crippen LogP contribution in [0.3, 0.4) is 0 Å². The SMILES string of the molecule is CCC(C)(C)C(=O)OCCNC(=O)Oc1c(C)cc([S+](c2ccccc2)c2ccccc2)cc1C. The molecule has 0 aliphatic rings. The Labute approximate surface area is 211 Å². The van der Waals surface area contributed by atoms with E-state index in [2.05, 4.69) is 66.0 Å². The number of rotatable bonds is 9. The van der Waals surface area contributed by atoms with E-state index in [0.717, 1.165) is 16.0 Å². The number of carbonyl (C=O) groups excluding carboxylic acids is 2. The average Bonchev–Trinajstić information content (AvgIpc) is 2.85. The summed E-state index contributed by atoms with van der Waals surface area (Å²) in [5.41, 5.74) is 1.24. The summed E-state index contributed by atoms with van der Waals surface area (Å²) in [5, 5.41) is 2.66. The second kappa shape index (κ2) is 11.9. The second-order valence-electron chi connectivity index (χ2n) is 9.01. The molecule has 0 aliphatic carbocycles. The van der Waals surface area contributed by atoms with E-state index in [4.69, 9.17) is 9.47 Å². The van der Waals surface area contributed by atoms with Gasteiger partial charge in [0.1, 0.15) is 12.4 Å². The summed E-state index contributed by atoms with van der Waals surface area (Å²) in [6.07, 6.45) is 0.117. The van der Waals surface area contributed by atoms with Crippen LogP contribution in [0, 0.1) is 19.3 Å². The van der Waals surface area contributed by atoms with E-state index in [9.17, 15) is 9.59 Å². The highest BCUT2D eigenvalue weighted by molar-refractivity contribution is 7.97. The normalized spacial score (nSPS) is 11.3. The molecule has 0 aromatic heterocycles. The fraction of sp³-hybridized carbons (Fsp3) is 0.310. The predicted octanol–water partition coefficient (Wildman–Crippen LogP) is 6.47. The van der Waals surface area contributed by atoms with Gasteiger partial charge in [0.2, 0.25) is 0 Å². The maximum atomic E-state index is 12.4. The van der Waals surface area contributed by atoms with Gasteiger partial charge in [-0.1, -0.05) is 43.3 Å². The first kappa shape index (κ1) is 26.4. The highest BCUT2D eigenvalue weighted by Gasteiger charge is 2.30. The zero-order valence-corrected chi connectivity index (χ0v) is 21.9. The summed E-state index contributed by atoms with van der Waals surface area (Å²) >= 11 is 0. The first-order chi connectivity index (χ1) is 16.7. The van der Waals surface area contributed by atoms with Gasteiger partial charge in [-0.05, 0) is 69.5 Å². The number of amides is 1. The molecule has 3 aromatic carbocycles. The molecule has 1 amide bonds. The molecular formula is C29H34NO4S+. The van der Waals surface area contributed by atoms with Crippen molar-refractivity contribution in [3.05, 3.63) is 83.9 Å². The molecule has 0 bridgehead atoms. The first-order valence-electron chi connectivity index (χ1n) is 11.8.